The van der Waals surface area contributed by atoms with Crippen molar-refractivity contribution < 1.29 is 16.8 Å². The molecular weight excluding hydrogens is 532 g/mol. The molecule has 0 unspecified atom stereocenters. The van der Waals surface area contributed by atoms with Gasteiger partial charge in [-0.25, -0.2) is 16.8 Å². The lowest BCUT2D eigenvalue weighted by Crippen LogP contribution is -2.38. The highest BCUT2D eigenvalue weighted by atomic mass is 32.3. The van der Waals surface area contributed by atoms with E-state index in [1.54, 1.807) is 36.4 Å². The molecule has 0 fully saturated rings. The molecule has 4 rings (SSSR count). The van der Waals surface area contributed by atoms with Crippen molar-refractivity contribution in [1.82, 2.24) is 3.71 Å². The van der Waals surface area contributed by atoms with Gasteiger partial charge in [0.25, 0.3) is 20.0 Å². The van der Waals surface area contributed by atoms with Crippen LogP contribution >= 0.6 is 0 Å². The summed E-state index contributed by atoms with van der Waals surface area (Å²) in [6.45, 7) is 0.269. The third kappa shape index (κ3) is 5.47. The molecule has 0 aliphatic carbocycles. The zero-order valence-corrected chi connectivity index (χ0v) is 24.5. The van der Waals surface area contributed by atoms with Crippen LogP contribution in [0, 0.1) is 0 Å². The fourth-order valence-electron chi connectivity index (χ4n) is 4.91. The smallest absolute Gasteiger partial charge is 0.256 e. The van der Waals surface area contributed by atoms with Crippen LogP contribution in [0.1, 0.15) is 19.3 Å². The standard InChI is InChI=1S/C29H36N4O4S2/c1-31(2)26-16-8-14-24-22(26)12-10-18-28(24)38(34,35)33(21-7-5-6-20-30)39(36,37)29-19-11-13-23-25(29)15-9-17-27(23)32(3)4/h8-19H,5-7,20-21,30H2,1-4H3. The first kappa shape index (κ1) is 28.8. The van der Waals surface area contributed by atoms with E-state index >= 15 is 0 Å². The zero-order chi connectivity index (χ0) is 28.4. The molecule has 4 aromatic carbocycles. The number of benzene rings is 4. The number of unbranched alkanes of at least 4 members (excludes halogenated alkanes) is 2. The Kier molecular flexibility index (Phi) is 8.51. The van der Waals surface area contributed by atoms with Crippen molar-refractivity contribution in [2.24, 2.45) is 5.73 Å². The number of nitrogens with two attached hydrogens (primary N) is 1. The number of sulfonamides is 2. The van der Waals surface area contributed by atoms with Crippen LogP contribution in [0.15, 0.2) is 82.6 Å². The highest BCUT2D eigenvalue weighted by molar-refractivity contribution is 8.04. The van der Waals surface area contributed by atoms with Gasteiger partial charge in [0, 0.05) is 67.7 Å². The summed E-state index contributed by atoms with van der Waals surface area (Å²) in [5.41, 5.74) is 7.32. The third-order valence-electron chi connectivity index (χ3n) is 6.82. The molecule has 39 heavy (non-hydrogen) atoms. The lowest BCUT2D eigenvalue weighted by molar-refractivity contribution is 0.484. The van der Waals surface area contributed by atoms with E-state index in [1.165, 1.54) is 12.1 Å². The Morgan fingerprint density at radius 3 is 1.38 bits per heavy atom. The normalized spacial score (nSPS) is 12.4. The molecule has 0 heterocycles. The molecule has 0 aliphatic heterocycles. The molecule has 0 saturated heterocycles. The van der Waals surface area contributed by atoms with Gasteiger partial charge < -0.3 is 15.5 Å². The zero-order valence-electron chi connectivity index (χ0n) is 22.8. The van der Waals surface area contributed by atoms with Crippen molar-refractivity contribution in [2.75, 3.05) is 51.1 Å². The monoisotopic (exact) mass is 568 g/mol. The highest BCUT2D eigenvalue weighted by Gasteiger charge is 2.38. The molecule has 4 aromatic rings. The average molecular weight is 569 g/mol. The van der Waals surface area contributed by atoms with E-state index in [4.69, 9.17) is 5.73 Å². The summed E-state index contributed by atoms with van der Waals surface area (Å²) in [5.74, 6) is 0. The van der Waals surface area contributed by atoms with Crippen molar-refractivity contribution in [1.29, 1.82) is 0 Å². The van der Waals surface area contributed by atoms with Crippen LogP contribution in [0.4, 0.5) is 11.4 Å². The Balaban J connectivity index is 1.94. The van der Waals surface area contributed by atoms with Gasteiger partial charge in [0.15, 0.2) is 0 Å². The Morgan fingerprint density at radius 1 is 0.564 bits per heavy atom. The number of hydrogen-bond acceptors (Lipinski definition) is 7. The molecule has 0 atom stereocenters. The van der Waals surface area contributed by atoms with Gasteiger partial charge in [0.1, 0.15) is 0 Å². The van der Waals surface area contributed by atoms with Crippen LogP contribution in [0.5, 0.6) is 0 Å². The van der Waals surface area contributed by atoms with Crippen LogP contribution < -0.4 is 15.5 Å². The molecule has 0 aliphatic rings. The van der Waals surface area contributed by atoms with Crippen LogP contribution in [-0.4, -0.2) is 61.8 Å². The molecule has 10 heteroatoms. The van der Waals surface area contributed by atoms with Gasteiger partial charge in [-0.3, -0.25) is 0 Å². The number of fused-ring (bicyclic) bond motifs is 2. The summed E-state index contributed by atoms with van der Waals surface area (Å²) in [5, 5.41) is 2.40. The Morgan fingerprint density at radius 2 is 0.974 bits per heavy atom. The summed E-state index contributed by atoms with van der Waals surface area (Å²) in [6.07, 6.45) is 1.64. The maximum atomic E-state index is 14.3. The SMILES string of the molecule is CN(C)c1cccc2c(S(=O)(=O)N(CCCCCN)S(=O)(=O)c3cccc4c(N(C)C)cccc34)cccc12. The van der Waals surface area contributed by atoms with E-state index in [1.807, 2.05) is 62.3 Å². The average Bonchev–Trinajstić information content (AvgIpc) is 2.91. The van der Waals surface area contributed by atoms with Gasteiger partial charge in [-0.2, -0.15) is 0 Å². The number of rotatable bonds is 11. The molecule has 0 spiro atoms. The van der Waals surface area contributed by atoms with E-state index in [-0.39, 0.29) is 16.3 Å². The highest BCUT2D eigenvalue weighted by Crippen LogP contribution is 2.36. The van der Waals surface area contributed by atoms with Crippen LogP contribution in [0.3, 0.4) is 0 Å². The van der Waals surface area contributed by atoms with Gasteiger partial charge in [-0.1, -0.05) is 58.7 Å². The molecule has 0 bridgehead atoms. The summed E-state index contributed by atoms with van der Waals surface area (Å²) >= 11 is 0. The maximum absolute atomic E-state index is 14.3. The first-order valence-corrected chi connectivity index (χ1v) is 15.8. The largest absolute Gasteiger partial charge is 0.377 e. The predicted molar refractivity (Wildman–Crippen MR) is 161 cm³/mol. The molecule has 0 aromatic heterocycles. The van der Waals surface area contributed by atoms with Gasteiger partial charge in [0.05, 0.1) is 9.79 Å². The van der Waals surface area contributed by atoms with Crippen molar-refractivity contribution in [3.8, 4) is 0 Å². The van der Waals surface area contributed by atoms with Crippen LogP contribution in [0.2, 0.25) is 0 Å². The molecular formula is C29H36N4O4S2. The van der Waals surface area contributed by atoms with E-state index in [9.17, 15) is 16.8 Å². The summed E-state index contributed by atoms with van der Waals surface area (Å²) < 4.78 is 58.0. The fourth-order valence-corrected chi connectivity index (χ4v) is 9.02. The molecule has 0 saturated carbocycles. The fraction of sp³-hybridized carbons (Fsp3) is 0.310. The molecule has 2 N–H and O–H groups in total. The number of hydrogen-bond donors (Lipinski definition) is 1. The van der Waals surface area contributed by atoms with Crippen LogP contribution in [0.25, 0.3) is 21.5 Å². The van der Waals surface area contributed by atoms with E-state index in [2.05, 4.69) is 0 Å². The van der Waals surface area contributed by atoms with Crippen molar-refractivity contribution in [3.05, 3.63) is 72.8 Å². The minimum absolute atomic E-state index is 0.0414. The predicted octanol–water partition coefficient (Wildman–Crippen LogP) is 4.63. The second kappa shape index (κ2) is 11.5. The second-order valence-electron chi connectivity index (χ2n) is 9.90. The Bertz CT molecular complexity index is 1580. The number of nitrogens with zero attached hydrogens (tertiary/aromatic N) is 3. The summed E-state index contributed by atoms with van der Waals surface area (Å²) in [7, 11) is -1.42. The minimum Gasteiger partial charge on any atom is -0.377 e. The minimum atomic E-state index is -4.47. The maximum Gasteiger partial charge on any atom is 0.256 e. The topological polar surface area (TPSA) is 104 Å². The molecule has 0 radical (unpaired) electrons. The summed E-state index contributed by atoms with van der Waals surface area (Å²) in [4.78, 5) is 3.72. The van der Waals surface area contributed by atoms with Crippen molar-refractivity contribution >= 4 is 53.0 Å². The molecule has 0 amide bonds. The quantitative estimate of drug-likeness (QED) is 0.263. The lowest BCUT2D eigenvalue weighted by atomic mass is 10.1. The Hall–Kier alpha value is -3.18. The van der Waals surface area contributed by atoms with Gasteiger partial charge in [-0.05, 0) is 43.7 Å². The van der Waals surface area contributed by atoms with E-state index in [0.29, 0.717) is 40.3 Å². The second-order valence-corrected chi connectivity index (χ2v) is 13.8. The van der Waals surface area contributed by atoms with E-state index in [0.717, 1.165) is 22.1 Å². The van der Waals surface area contributed by atoms with Gasteiger partial charge in [-0.15, -0.1) is 0 Å². The molecule has 8 nitrogen and oxygen atoms in total. The van der Waals surface area contributed by atoms with Crippen molar-refractivity contribution in [3.63, 3.8) is 0 Å². The van der Waals surface area contributed by atoms with Crippen molar-refractivity contribution in [2.45, 2.75) is 29.1 Å². The summed E-state index contributed by atoms with van der Waals surface area (Å²) in [6, 6.07) is 20.8. The van der Waals surface area contributed by atoms with Gasteiger partial charge in [0.2, 0.25) is 0 Å². The first-order chi connectivity index (χ1) is 18.5. The first-order valence-electron chi connectivity index (χ1n) is 12.9. The van der Waals surface area contributed by atoms with Crippen LogP contribution in [-0.2, 0) is 20.0 Å². The number of anilines is 2. The Labute approximate surface area is 231 Å². The lowest BCUT2D eigenvalue weighted by Gasteiger charge is -2.25. The van der Waals surface area contributed by atoms with Gasteiger partial charge >= 0.3 is 0 Å². The molecule has 208 valence electrons. The van der Waals surface area contributed by atoms with E-state index < -0.39 is 20.0 Å². The third-order valence-corrected chi connectivity index (χ3v) is 11.3.